The number of carbonyl (C=O) groups is 1. The van der Waals surface area contributed by atoms with Crippen molar-refractivity contribution in [2.24, 2.45) is 5.92 Å². The number of rotatable bonds is 10. The summed E-state index contributed by atoms with van der Waals surface area (Å²) in [6, 6.07) is 9.03. The molecule has 0 heterocycles. The summed E-state index contributed by atoms with van der Waals surface area (Å²) < 4.78 is 4.92. The third kappa shape index (κ3) is 11.0. The van der Waals surface area contributed by atoms with Crippen molar-refractivity contribution in [3.63, 3.8) is 0 Å². The van der Waals surface area contributed by atoms with E-state index in [1.165, 1.54) is 24.0 Å². The Morgan fingerprint density at radius 1 is 1.00 bits per heavy atom. The molecule has 0 aliphatic heterocycles. The van der Waals surface area contributed by atoms with E-state index in [4.69, 9.17) is 4.74 Å². The van der Waals surface area contributed by atoms with Gasteiger partial charge in [-0.2, -0.15) is 0 Å². The van der Waals surface area contributed by atoms with Gasteiger partial charge in [0.2, 0.25) is 0 Å². The summed E-state index contributed by atoms with van der Waals surface area (Å²) in [4.78, 5) is 11.2. The first-order chi connectivity index (χ1) is 11.2. The minimum atomic E-state index is -0.0631. The fourth-order valence-corrected chi connectivity index (χ4v) is 2.40. The highest BCUT2D eigenvalue weighted by Crippen LogP contribution is 2.14. The van der Waals surface area contributed by atoms with E-state index < -0.39 is 0 Å². The molecular weight excluding hydrogens is 284 g/mol. The zero-order valence-electron chi connectivity index (χ0n) is 15.9. The topological polar surface area (TPSA) is 26.3 Å². The lowest BCUT2D eigenvalue weighted by Gasteiger charge is -2.09. The third-order valence-electron chi connectivity index (χ3n) is 3.96. The van der Waals surface area contributed by atoms with E-state index in [-0.39, 0.29) is 5.97 Å². The highest BCUT2D eigenvalue weighted by atomic mass is 16.5. The van der Waals surface area contributed by atoms with Gasteiger partial charge in [-0.25, -0.2) is 0 Å². The molecule has 0 amide bonds. The Morgan fingerprint density at radius 3 is 2.17 bits per heavy atom. The number of carbonyl (C=O) groups excluding carboxylic acids is 1. The highest BCUT2D eigenvalue weighted by Gasteiger charge is 2.03. The molecular formula is C21H36O2. The fourth-order valence-electron chi connectivity index (χ4n) is 2.40. The van der Waals surface area contributed by atoms with Crippen molar-refractivity contribution in [3.8, 4) is 0 Å². The van der Waals surface area contributed by atoms with E-state index >= 15 is 0 Å². The van der Waals surface area contributed by atoms with Gasteiger partial charge in [-0.1, -0.05) is 64.8 Å². The zero-order valence-corrected chi connectivity index (χ0v) is 15.9. The second-order valence-corrected chi connectivity index (χ2v) is 5.90. The van der Waals surface area contributed by atoms with Gasteiger partial charge in [-0.15, -0.1) is 0 Å². The molecule has 0 saturated heterocycles. The lowest BCUT2D eigenvalue weighted by atomic mass is 9.97. The second kappa shape index (κ2) is 14.3. The first-order valence-electron chi connectivity index (χ1n) is 9.39. The van der Waals surface area contributed by atoms with Gasteiger partial charge in [0.1, 0.15) is 0 Å². The van der Waals surface area contributed by atoms with Crippen molar-refractivity contribution in [1.82, 2.24) is 0 Å². The van der Waals surface area contributed by atoms with Gasteiger partial charge in [0.05, 0.1) is 6.61 Å². The van der Waals surface area contributed by atoms with Crippen LogP contribution in [0.2, 0.25) is 0 Å². The minimum absolute atomic E-state index is 0.0631. The molecule has 2 nitrogen and oxygen atoms in total. The van der Waals surface area contributed by atoms with Gasteiger partial charge in [0, 0.05) is 6.42 Å². The molecule has 0 aromatic heterocycles. The molecule has 1 unspecified atom stereocenters. The molecule has 2 heteroatoms. The van der Waals surface area contributed by atoms with Crippen LogP contribution in [0.5, 0.6) is 0 Å². The Balaban J connectivity index is 0.00000232. The predicted octanol–water partition coefficient (Wildman–Crippen LogP) is 5.97. The van der Waals surface area contributed by atoms with Crippen molar-refractivity contribution < 1.29 is 9.53 Å². The van der Waals surface area contributed by atoms with Crippen LogP contribution < -0.4 is 0 Å². The molecule has 1 aromatic rings. The number of aryl methyl sites for hydroxylation is 1. The molecule has 132 valence electrons. The van der Waals surface area contributed by atoms with Gasteiger partial charge in [0.15, 0.2) is 0 Å². The number of hydrogen-bond donors (Lipinski definition) is 0. The number of hydrogen-bond acceptors (Lipinski definition) is 2. The minimum Gasteiger partial charge on any atom is -0.466 e. The monoisotopic (exact) mass is 320 g/mol. The molecule has 1 rings (SSSR count). The summed E-state index contributed by atoms with van der Waals surface area (Å²) in [7, 11) is 0. The average molecular weight is 321 g/mol. The number of benzene rings is 1. The predicted molar refractivity (Wildman–Crippen MR) is 99.8 cm³/mol. The largest absolute Gasteiger partial charge is 0.466 e. The quantitative estimate of drug-likeness (QED) is 0.392. The molecule has 0 N–H and O–H groups in total. The molecule has 0 radical (unpaired) electrons. The van der Waals surface area contributed by atoms with Gasteiger partial charge in [-0.3, -0.25) is 4.79 Å². The van der Waals surface area contributed by atoms with Crippen LogP contribution in [-0.2, 0) is 22.4 Å². The summed E-state index contributed by atoms with van der Waals surface area (Å²) in [6.07, 6.45) is 7.25. The van der Waals surface area contributed by atoms with E-state index in [0.29, 0.717) is 13.0 Å². The highest BCUT2D eigenvalue weighted by molar-refractivity contribution is 5.69. The molecule has 0 fully saturated rings. The maximum atomic E-state index is 11.2. The smallest absolute Gasteiger partial charge is 0.305 e. The van der Waals surface area contributed by atoms with E-state index in [2.05, 4.69) is 38.1 Å². The molecule has 1 aromatic carbocycles. The Hall–Kier alpha value is -1.31. The maximum absolute atomic E-state index is 11.2. The molecule has 0 saturated carbocycles. The Bertz CT molecular complexity index is 395. The molecule has 0 aliphatic carbocycles. The fraction of sp³-hybridized carbons (Fsp3) is 0.667. The van der Waals surface area contributed by atoms with Crippen LogP contribution in [0.3, 0.4) is 0 Å². The summed E-state index contributed by atoms with van der Waals surface area (Å²) in [5.41, 5.74) is 2.84. The molecule has 0 aliphatic rings. The number of ether oxygens (including phenoxy) is 1. The third-order valence-corrected chi connectivity index (χ3v) is 3.96. The van der Waals surface area contributed by atoms with Crippen molar-refractivity contribution in [1.29, 1.82) is 0 Å². The first kappa shape index (κ1) is 21.7. The van der Waals surface area contributed by atoms with E-state index in [9.17, 15) is 4.79 Å². The van der Waals surface area contributed by atoms with E-state index in [1.807, 2.05) is 20.8 Å². The Kier molecular flexibility index (Phi) is 13.5. The standard InChI is InChI=1S/C19H30O2.C2H6/c1-4-16(3)15-18-13-11-17(12-14-18)9-7-6-8-10-19(20)21-5-2;1-2/h11-14,16H,4-10,15H2,1-3H3;1-2H3. The maximum Gasteiger partial charge on any atom is 0.305 e. The Labute approximate surface area is 143 Å². The van der Waals surface area contributed by atoms with Crippen LogP contribution in [0.1, 0.15) is 77.8 Å². The van der Waals surface area contributed by atoms with Crippen LogP contribution in [-0.4, -0.2) is 12.6 Å². The summed E-state index contributed by atoms with van der Waals surface area (Å²) in [6.45, 7) is 10.9. The first-order valence-corrected chi connectivity index (χ1v) is 9.39. The van der Waals surface area contributed by atoms with Crippen LogP contribution in [0, 0.1) is 5.92 Å². The van der Waals surface area contributed by atoms with Crippen molar-refractivity contribution >= 4 is 5.97 Å². The van der Waals surface area contributed by atoms with Crippen LogP contribution >= 0.6 is 0 Å². The van der Waals surface area contributed by atoms with Crippen LogP contribution in [0.15, 0.2) is 24.3 Å². The van der Waals surface area contributed by atoms with Gasteiger partial charge >= 0.3 is 5.97 Å². The number of esters is 1. The lowest BCUT2D eigenvalue weighted by Crippen LogP contribution is -2.03. The van der Waals surface area contributed by atoms with Crippen LogP contribution in [0.4, 0.5) is 0 Å². The SMILES string of the molecule is CC.CCOC(=O)CCCCCc1ccc(CC(C)CC)cc1. The average Bonchev–Trinajstić information content (AvgIpc) is 2.58. The zero-order chi connectivity index (χ0) is 17.5. The molecule has 0 spiro atoms. The normalized spacial score (nSPS) is 11.3. The van der Waals surface area contributed by atoms with Gasteiger partial charge in [-0.05, 0) is 49.7 Å². The van der Waals surface area contributed by atoms with Crippen molar-refractivity contribution in [2.45, 2.75) is 79.6 Å². The van der Waals surface area contributed by atoms with Crippen molar-refractivity contribution in [2.75, 3.05) is 6.61 Å². The lowest BCUT2D eigenvalue weighted by molar-refractivity contribution is -0.143. The van der Waals surface area contributed by atoms with Crippen LogP contribution in [0.25, 0.3) is 0 Å². The summed E-state index contributed by atoms with van der Waals surface area (Å²) >= 11 is 0. The number of unbranched alkanes of at least 4 members (excludes halogenated alkanes) is 2. The van der Waals surface area contributed by atoms with E-state index in [1.54, 1.807) is 0 Å². The summed E-state index contributed by atoms with van der Waals surface area (Å²) in [5, 5.41) is 0. The van der Waals surface area contributed by atoms with Crippen molar-refractivity contribution in [3.05, 3.63) is 35.4 Å². The van der Waals surface area contributed by atoms with E-state index in [0.717, 1.165) is 31.6 Å². The van der Waals surface area contributed by atoms with Gasteiger partial charge in [0.25, 0.3) is 0 Å². The summed E-state index contributed by atoms with van der Waals surface area (Å²) in [5.74, 6) is 0.700. The molecule has 23 heavy (non-hydrogen) atoms. The van der Waals surface area contributed by atoms with Gasteiger partial charge < -0.3 is 4.74 Å². The molecule has 1 atom stereocenters. The Morgan fingerprint density at radius 2 is 1.61 bits per heavy atom. The molecule has 0 bridgehead atoms. The second-order valence-electron chi connectivity index (χ2n) is 5.90.